The van der Waals surface area contributed by atoms with Gasteiger partial charge in [0, 0.05) is 19.8 Å². The van der Waals surface area contributed by atoms with Gasteiger partial charge in [0.2, 0.25) is 0 Å². The molecule has 3 aromatic rings. The topological polar surface area (TPSA) is 55.2 Å². The molecule has 0 N–H and O–H groups in total. The lowest BCUT2D eigenvalue weighted by Crippen LogP contribution is -2.09. The van der Waals surface area contributed by atoms with Gasteiger partial charge in [-0.2, -0.15) is 5.26 Å². The summed E-state index contributed by atoms with van der Waals surface area (Å²) in [6.45, 7) is 19.0. The van der Waals surface area contributed by atoms with Crippen LogP contribution in [0.3, 0.4) is 0 Å². The zero-order chi connectivity index (χ0) is 26.8. The van der Waals surface area contributed by atoms with Crippen LogP contribution in [0.15, 0.2) is 72.8 Å². The predicted octanol–water partition coefficient (Wildman–Crippen LogP) is 6.39. The molecule has 0 saturated carbocycles. The summed E-state index contributed by atoms with van der Waals surface area (Å²) < 4.78 is 0. The Balaban J connectivity index is 0.00000179. The van der Waals surface area contributed by atoms with Crippen LogP contribution < -0.4 is 15.3 Å². The third-order valence-corrected chi connectivity index (χ3v) is 4.67. The molecule has 3 rings (SSSR count). The maximum absolute atomic E-state index is 9.68. The normalized spacial score (nSPS) is 8.49. The molecule has 0 aromatic heterocycles. The second kappa shape index (κ2) is 17.2. The van der Waals surface area contributed by atoms with Gasteiger partial charge in [-0.05, 0) is 38.6 Å². The number of hydrogen-bond donors (Lipinski definition) is 0. The van der Waals surface area contributed by atoms with E-state index in [2.05, 4.69) is 10.9 Å². The number of benzene rings is 3. The summed E-state index contributed by atoms with van der Waals surface area (Å²) in [5.41, 5.74) is 2.68. The highest BCUT2D eigenvalue weighted by Gasteiger charge is 2.03. The maximum Gasteiger partial charge on any atom is 0.268 e. The molecule has 35 heavy (non-hydrogen) atoms. The van der Waals surface area contributed by atoms with Crippen molar-refractivity contribution in [2.45, 2.75) is 41.5 Å². The molecule has 0 radical (unpaired) electrons. The zero-order valence-corrected chi connectivity index (χ0v) is 22.2. The van der Waals surface area contributed by atoms with Crippen molar-refractivity contribution in [1.82, 2.24) is 0 Å². The molecule has 0 aliphatic rings. The van der Waals surface area contributed by atoms with E-state index >= 15 is 0 Å². The minimum atomic E-state index is 0.0837. The Bertz CT molecular complexity index is 1330. The lowest BCUT2D eigenvalue weighted by Gasteiger charge is -2.12. The standard InChI is InChI=1S/C25H18N4.3C2H6/c1-28-25(17-27)22-10-6-19(7-11-22)18-4-8-20(9-5-18)24(16-26)21-12-14-23(15-13-21)29(2)3;3*1-2/h4-15H,2-3H3;3*1-2H3. The van der Waals surface area contributed by atoms with Gasteiger partial charge in [0.05, 0.1) is 18.2 Å². The van der Waals surface area contributed by atoms with Crippen molar-refractivity contribution in [2.75, 3.05) is 19.0 Å². The van der Waals surface area contributed by atoms with Crippen molar-refractivity contribution in [3.63, 3.8) is 0 Å². The second-order valence-electron chi connectivity index (χ2n) is 6.66. The van der Waals surface area contributed by atoms with E-state index in [4.69, 9.17) is 11.8 Å². The summed E-state index contributed by atoms with van der Waals surface area (Å²) in [6, 6.07) is 27.3. The Kier molecular flexibility index (Phi) is 15.1. The van der Waals surface area contributed by atoms with E-state index in [1.165, 1.54) is 0 Å². The van der Waals surface area contributed by atoms with Crippen LogP contribution in [0.1, 0.15) is 47.1 Å². The molecular weight excluding hydrogens is 428 g/mol. The fourth-order valence-electron chi connectivity index (χ4n) is 3.03. The van der Waals surface area contributed by atoms with E-state index in [0.717, 1.165) is 26.9 Å². The van der Waals surface area contributed by atoms with Crippen LogP contribution in [0.2, 0.25) is 0 Å². The summed E-state index contributed by atoms with van der Waals surface area (Å²) in [5.74, 6) is 0. The molecule has 0 amide bonds. The van der Waals surface area contributed by atoms with E-state index in [1.54, 1.807) is 12.1 Å². The van der Waals surface area contributed by atoms with Crippen LogP contribution >= 0.6 is 0 Å². The van der Waals surface area contributed by atoms with Crippen molar-refractivity contribution in [2.24, 2.45) is 0 Å². The Morgan fingerprint density at radius 1 is 0.657 bits per heavy atom. The molecule has 0 saturated heterocycles. The number of anilines is 1. The molecule has 0 aliphatic heterocycles. The summed E-state index contributed by atoms with van der Waals surface area (Å²) >= 11 is 0. The fraction of sp³-hybridized carbons (Fsp3) is 0.258. The SMILES string of the molecule is CC.CC.CC.[C-]#[N+]C(C#N)=c1ccc(=c2ccc(=C(C#N)c3ccc(N(C)C)cc3)cc2)cc1. The maximum atomic E-state index is 9.68. The van der Waals surface area contributed by atoms with Gasteiger partial charge in [0.25, 0.3) is 5.70 Å². The average molecular weight is 465 g/mol. The fourth-order valence-corrected chi connectivity index (χ4v) is 3.03. The van der Waals surface area contributed by atoms with Crippen LogP contribution in [0.25, 0.3) is 16.1 Å². The molecule has 0 bridgehead atoms. The smallest absolute Gasteiger partial charge is 0.268 e. The van der Waals surface area contributed by atoms with Gasteiger partial charge >= 0.3 is 0 Å². The Labute approximate surface area is 210 Å². The van der Waals surface area contributed by atoms with Crippen LogP contribution in [-0.4, -0.2) is 14.1 Å². The molecule has 4 nitrogen and oxygen atoms in total. The first-order chi connectivity index (χ1) is 17.1. The Morgan fingerprint density at radius 3 is 1.43 bits per heavy atom. The van der Waals surface area contributed by atoms with Crippen LogP contribution in [0.5, 0.6) is 0 Å². The minimum absolute atomic E-state index is 0.0837. The first kappa shape index (κ1) is 30.7. The lowest BCUT2D eigenvalue weighted by atomic mass is 10.0. The molecule has 0 unspecified atom stereocenters. The predicted molar refractivity (Wildman–Crippen MR) is 148 cm³/mol. The van der Waals surface area contributed by atoms with Gasteiger partial charge in [0.1, 0.15) is 6.07 Å². The number of nitrogens with zero attached hydrogens (tertiary/aromatic N) is 4. The highest BCUT2D eigenvalue weighted by atomic mass is 15.1. The summed E-state index contributed by atoms with van der Waals surface area (Å²) in [7, 11) is 3.96. The molecule has 3 aromatic carbocycles. The second-order valence-corrected chi connectivity index (χ2v) is 6.66. The monoisotopic (exact) mass is 464 g/mol. The molecule has 180 valence electrons. The van der Waals surface area contributed by atoms with Crippen molar-refractivity contribution in [3.05, 3.63) is 111 Å². The van der Waals surface area contributed by atoms with Crippen molar-refractivity contribution in [1.29, 1.82) is 10.5 Å². The molecule has 0 heterocycles. The summed E-state index contributed by atoms with van der Waals surface area (Å²) in [6.07, 6.45) is 0. The van der Waals surface area contributed by atoms with Gasteiger partial charge < -0.3 is 4.90 Å². The molecular formula is C31H36N4. The number of nitriles is 2. The largest absolute Gasteiger partial charge is 0.378 e. The van der Waals surface area contributed by atoms with Crippen molar-refractivity contribution >= 4 is 17.0 Å². The van der Waals surface area contributed by atoms with E-state index in [1.807, 2.05) is 127 Å². The lowest BCUT2D eigenvalue weighted by molar-refractivity contribution is 1.13. The van der Waals surface area contributed by atoms with Crippen LogP contribution in [0.4, 0.5) is 5.69 Å². The Morgan fingerprint density at radius 2 is 1.09 bits per heavy atom. The highest BCUT2D eigenvalue weighted by Crippen LogP contribution is 2.16. The molecule has 0 fully saturated rings. The van der Waals surface area contributed by atoms with Crippen molar-refractivity contribution < 1.29 is 0 Å². The van der Waals surface area contributed by atoms with E-state index in [0.29, 0.717) is 10.8 Å². The van der Waals surface area contributed by atoms with Gasteiger partial charge in [-0.3, -0.25) is 0 Å². The molecule has 0 atom stereocenters. The number of rotatable bonds is 2. The molecule has 0 aliphatic carbocycles. The Hall–Kier alpha value is -4.33. The van der Waals surface area contributed by atoms with Gasteiger partial charge in [-0.1, -0.05) is 102 Å². The van der Waals surface area contributed by atoms with E-state index in [-0.39, 0.29) is 5.70 Å². The number of hydrogen-bond acceptors (Lipinski definition) is 3. The van der Waals surface area contributed by atoms with E-state index < -0.39 is 0 Å². The van der Waals surface area contributed by atoms with Crippen LogP contribution in [0, 0.1) is 39.7 Å². The van der Waals surface area contributed by atoms with Gasteiger partial charge in [-0.25, -0.2) is 10.1 Å². The first-order valence-corrected chi connectivity index (χ1v) is 12.0. The summed E-state index contributed by atoms with van der Waals surface area (Å²) in [4.78, 5) is 5.25. The first-order valence-electron chi connectivity index (χ1n) is 12.0. The average Bonchev–Trinajstić information content (AvgIpc) is 2.94. The molecule has 4 heteroatoms. The minimum Gasteiger partial charge on any atom is -0.378 e. The van der Waals surface area contributed by atoms with Crippen molar-refractivity contribution in [3.8, 4) is 12.1 Å². The van der Waals surface area contributed by atoms with E-state index in [9.17, 15) is 5.26 Å². The zero-order valence-electron chi connectivity index (χ0n) is 22.2. The summed E-state index contributed by atoms with van der Waals surface area (Å²) in [5, 5.41) is 22.1. The third-order valence-electron chi connectivity index (χ3n) is 4.67. The van der Waals surface area contributed by atoms with Gasteiger partial charge in [-0.15, -0.1) is 0 Å². The quantitative estimate of drug-likeness (QED) is 0.413. The van der Waals surface area contributed by atoms with Crippen LogP contribution in [-0.2, 0) is 0 Å². The third kappa shape index (κ3) is 8.51. The van der Waals surface area contributed by atoms with Gasteiger partial charge in [0.15, 0.2) is 0 Å². The highest BCUT2D eigenvalue weighted by molar-refractivity contribution is 5.77. The molecule has 0 spiro atoms.